The maximum Gasteiger partial charge on any atom is 0.315 e. The van der Waals surface area contributed by atoms with Gasteiger partial charge in [0.15, 0.2) is 11.4 Å². The largest absolute Gasteiger partial charge is 0.618 e. The molecule has 0 N–H and O–H groups in total. The number of hydrogen-bond donors (Lipinski definition) is 0. The highest BCUT2D eigenvalue weighted by molar-refractivity contribution is 9.10. The van der Waals surface area contributed by atoms with Gasteiger partial charge in [-0.2, -0.15) is 9.71 Å². The summed E-state index contributed by atoms with van der Waals surface area (Å²) >= 11 is 3.35. The average Bonchev–Trinajstić information content (AvgIpc) is 3.47. The zero-order chi connectivity index (χ0) is 29.1. The minimum Gasteiger partial charge on any atom is -0.618 e. The molecule has 5 aromatic rings. The zero-order valence-corrected chi connectivity index (χ0v) is 24.0. The zero-order valence-electron chi connectivity index (χ0n) is 22.5. The lowest BCUT2D eigenvalue weighted by Crippen LogP contribution is -2.34. The van der Waals surface area contributed by atoms with Gasteiger partial charge in [-0.3, -0.25) is 10.1 Å². The van der Waals surface area contributed by atoms with Gasteiger partial charge in [0.25, 0.3) is 10.5 Å². The lowest BCUT2D eigenvalue weighted by Gasteiger charge is -2.14. The van der Waals surface area contributed by atoms with Gasteiger partial charge in [0.2, 0.25) is 11.6 Å². The first-order chi connectivity index (χ1) is 19.7. The molecular formula is C30H25BrN4O6. The topological polar surface area (TPSA) is 127 Å². The Morgan fingerprint density at radius 2 is 1.54 bits per heavy atom. The second kappa shape index (κ2) is 11.8. The van der Waals surface area contributed by atoms with Gasteiger partial charge < -0.3 is 19.2 Å². The van der Waals surface area contributed by atoms with Crippen LogP contribution in [0.5, 0.6) is 11.5 Å². The Kier molecular flexibility index (Phi) is 7.97. The van der Waals surface area contributed by atoms with Gasteiger partial charge >= 0.3 is 5.69 Å². The van der Waals surface area contributed by atoms with Crippen molar-refractivity contribution < 1.29 is 23.7 Å². The van der Waals surface area contributed by atoms with E-state index in [4.69, 9.17) is 14.0 Å². The van der Waals surface area contributed by atoms with Crippen LogP contribution >= 0.6 is 15.9 Å². The van der Waals surface area contributed by atoms with E-state index in [0.29, 0.717) is 11.3 Å². The number of rotatable bonds is 9. The molecule has 3 aromatic carbocycles. The molecule has 0 saturated heterocycles. The molecule has 0 atom stereocenters. The monoisotopic (exact) mass is 616 g/mol. The Hall–Kier alpha value is -4.77. The smallest absolute Gasteiger partial charge is 0.315 e. The van der Waals surface area contributed by atoms with E-state index >= 15 is 0 Å². The molecule has 11 heteroatoms. The van der Waals surface area contributed by atoms with Crippen molar-refractivity contribution in [3.8, 4) is 34.3 Å². The van der Waals surface area contributed by atoms with E-state index in [1.165, 1.54) is 6.07 Å². The van der Waals surface area contributed by atoms with Gasteiger partial charge in [0, 0.05) is 34.5 Å². The van der Waals surface area contributed by atoms with Crippen molar-refractivity contribution >= 4 is 21.6 Å². The van der Waals surface area contributed by atoms with Gasteiger partial charge in [0.05, 0.1) is 10.5 Å². The number of aromatic nitrogens is 3. The van der Waals surface area contributed by atoms with E-state index in [1.807, 2.05) is 74.5 Å². The quantitative estimate of drug-likeness (QED) is 0.0582. The summed E-state index contributed by atoms with van der Waals surface area (Å²) in [5, 5.41) is 29.0. The van der Waals surface area contributed by atoms with Crippen LogP contribution in [0.1, 0.15) is 27.9 Å². The predicted octanol–water partition coefficient (Wildman–Crippen LogP) is 6.79. The Labute approximate surface area is 244 Å². The molecule has 2 heterocycles. The molecule has 0 unspecified atom stereocenters. The van der Waals surface area contributed by atoms with Crippen molar-refractivity contribution in [2.24, 2.45) is 0 Å². The number of benzene rings is 3. The summed E-state index contributed by atoms with van der Waals surface area (Å²) in [6, 6.07) is 21.6. The fourth-order valence-corrected chi connectivity index (χ4v) is 5.02. The van der Waals surface area contributed by atoms with Crippen LogP contribution in [0.15, 0.2) is 81.9 Å². The van der Waals surface area contributed by atoms with Crippen LogP contribution < -0.4 is 14.2 Å². The third-order valence-electron chi connectivity index (χ3n) is 6.76. The number of nitro groups is 1. The lowest BCUT2D eigenvalue weighted by molar-refractivity contribution is -0.623. The molecule has 0 radical (unpaired) electrons. The van der Waals surface area contributed by atoms with Crippen LogP contribution in [-0.2, 0) is 13.2 Å². The maximum atomic E-state index is 12.6. The number of nitro benzene ring substituents is 1. The second-order valence-electron chi connectivity index (χ2n) is 9.35. The highest BCUT2D eigenvalue weighted by Gasteiger charge is 2.28. The fourth-order valence-electron chi connectivity index (χ4n) is 4.28. The summed E-state index contributed by atoms with van der Waals surface area (Å²) in [6.07, 6.45) is 0. The summed E-state index contributed by atoms with van der Waals surface area (Å²) in [5.74, 6) is 0.313. The number of pyridine rings is 1. The summed E-state index contributed by atoms with van der Waals surface area (Å²) in [5.41, 5.74) is 4.26. The number of halogens is 1. The summed E-state index contributed by atoms with van der Waals surface area (Å²) in [6.45, 7) is 5.67. The van der Waals surface area contributed by atoms with E-state index < -0.39 is 4.92 Å². The Balaban J connectivity index is 1.57. The van der Waals surface area contributed by atoms with Gasteiger partial charge in [-0.25, -0.2) is 0 Å². The Morgan fingerprint density at radius 1 is 0.927 bits per heavy atom. The number of ether oxygens (including phenoxy) is 2. The van der Waals surface area contributed by atoms with E-state index in [1.54, 1.807) is 13.0 Å². The minimum absolute atomic E-state index is 0.0154. The van der Waals surface area contributed by atoms with Gasteiger partial charge in [-0.1, -0.05) is 65.8 Å². The van der Waals surface area contributed by atoms with Crippen LogP contribution in [0.25, 0.3) is 22.8 Å². The first-order valence-electron chi connectivity index (χ1n) is 12.6. The molecule has 0 amide bonds. The lowest BCUT2D eigenvalue weighted by atomic mass is 10.0. The highest BCUT2D eigenvalue weighted by atomic mass is 79.9. The molecule has 0 bridgehead atoms. The predicted molar refractivity (Wildman–Crippen MR) is 154 cm³/mol. The molecule has 0 saturated carbocycles. The fraction of sp³-hybridized carbons (Fsp3) is 0.167. The van der Waals surface area contributed by atoms with Crippen LogP contribution in [-0.4, -0.2) is 15.1 Å². The molecular weight excluding hydrogens is 592 g/mol. The molecule has 2 aromatic heterocycles. The van der Waals surface area contributed by atoms with Crippen molar-refractivity contribution in [1.29, 1.82) is 0 Å². The van der Waals surface area contributed by atoms with E-state index in [9.17, 15) is 15.3 Å². The normalized spacial score (nSPS) is 10.9. The summed E-state index contributed by atoms with van der Waals surface area (Å²) in [4.78, 5) is 16.2. The van der Waals surface area contributed by atoms with E-state index in [0.717, 1.165) is 27.0 Å². The van der Waals surface area contributed by atoms with Gasteiger partial charge in [-0.05, 0) is 36.6 Å². The van der Waals surface area contributed by atoms with Crippen LogP contribution in [0.4, 0.5) is 5.69 Å². The Morgan fingerprint density at radius 3 is 2.15 bits per heavy atom. The van der Waals surface area contributed by atoms with Gasteiger partial charge in [0.1, 0.15) is 18.8 Å². The van der Waals surface area contributed by atoms with Crippen molar-refractivity contribution in [2.75, 3.05) is 0 Å². The molecule has 5 rings (SSSR count). The van der Waals surface area contributed by atoms with Crippen LogP contribution in [0.3, 0.4) is 0 Å². The van der Waals surface area contributed by atoms with Gasteiger partial charge in [-0.15, -0.1) is 0 Å². The standard InChI is InChI=1S/C30H25BrN4O6/c1-18-19(2)26(28(31)34(36)20(18)3)29-32-30(41-33-29)23-14-24(35(37)38)27(40-17-22-12-8-5-9-13-22)25(15-23)39-16-21-10-6-4-7-11-21/h4-15H,16-17H2,1-3H3. The Bertz CT molecular complexity index is 1700. The minimum atomic E-state index is -0.541. The number of nitrogens with zero attached hydrogens (tertiary/aromatic N) is 4. The van der Waals surface area contributed by atoms with Crippen molar-refractivity contribution in [3.05, 3.63) is 121 Å². The van der Waals surface area contributed by atoms with Crippen LogP contribution in [0.2, 0.25) is 0 Å². The highest BCUT2D eigenvalue weighted by Crippen LogP contribution is 2.42. The molecule has 0 spiro atoms. The van der Waals surface area contributed by atoms with E-state index in [2.05, 4.69) is 26.1 Å². The second-order valence-corrected chi connectivity index (χ2v) is 10.1. The molecule has 208 valence electrons. The van der Waals surface area contributed by atoms with E-state index in [-0.39, 0.29) is 52.3 Å². The summed E-state index contributed by atoms with van der Waals surface area (Å²) in [7, 11) is 0. The molecule has 10 nitrogen and oxygen atoms in total. The molecule has 0 fully saturated rings. The average molecular weight is 617 g/mol. The third kappa shape index (κ3) is 5.75. The summed E-state index contributed by atoms with van der Waals surface area (Å²) < 4.78 is 18.6. The van der Waals surface area contributed by atoms with Crippen molar-refractivity contribution in [2.45, 2.75) is 34.0 Å². The first kappa shape index (κ1) is 27.8. The molecule has 0 aliphatic heterocycles. The van der Waals surface area contributed by atoms with Crippen LogP contribution in [0, 0.1) is 36.1 Å². The van der Waals surface area contributed by atoms with Crippen molar-refractivity contribution in [1.82, 2.24) is 10.1 Å². The maximum absolute atomic E-state index is 12.6. The molecule has 0 aliphatic rings. The first-order valence-corrected chi connectivity index (χ1v) is 13.4. The number of hydrogen-bond acceptors (Lipinski definition) is 8. The third-order valence-corrected chi connectivity index (χ3v) is 7.48. The molecule has 0 aliphatic carbocycles. The molecule has 41 heavy (non-hydrogen) atoms. The SMILES string of the molecule is Cc1c(C)c(C)[n+]([O-])c(Br)c1-c1noc(-c2cc(OCc3ccccc3)c(OCc3ccccc3)c([N+](=O)[O-])c2)n1. The van der Waals surface area contributed by atoms with Crippen molar-refractivity contribution in [3.63, 3.8) is 0 Å².